The van der Waals surface area contributed by atoms with E-state index in [1.54, 1.807) is 6.92 Å². The third-order valence-electron chi connectivity index (χ3n) is 5.82. The molecule has 2 fully saturated rings. The van der Waals surface area contributed by atoms with Crippen molar-refractivity contribution in [1.82, 2.24) is 19.8 Å². The minimum absolute atomic E-state index is 0.0625. The van der Waals surface area contributed by atoms with Gasteiger partial charge < -0.3 is 19.1 Å². The average molecular weight is 383 g/mol. The highest BCUT2D eigenvalue weighted by molar-refractivity contribution is 5.92. The summed E-state index contributed by atoms with van der Waals surface area (Å²) in [5.74, 6) is 1.11. The van der Waals surface area contributed by atoms with Crippen molar-refractivity contribution in [2.24, 2.45) is 0 Å². The highest BCUT2D eigenvalue weighted by Gasteiger charge is 2.32. The molecule has 0 N–H and O–H groups in total. The highest BCUT2D eigenvalue weighted by atomic mass is 16.4. The predicted molar refractivity (Wildman–Crippen MR) is 108 cm³/mol. The van der Waals surface area contributed by atoms with Crippen LogP contribution in [-0.2, 0) is 0 Å². The fourth-order valence-electron chi connectivity index (χ4n) is 4.19. The van der Waals surface area contributed by atoms with Gasteiger partial charge >= 0.3 is 0 Å². The number of aryl methyl sites for hydroxylation is 3. The maximum absolute atomic E-state index is 12.8. The zero-order chi connectivity index (χ0) is 19.8. The molecule has 2 aromatic rings. The van der Waals surface area contributed by atoms with E-state index in [1.165, 1.54) is 5.69 Å². The summed E-state index contributed by atoms with van der Waals surface area (Å²) in [4.78, 5) is 28.5. The first-order valence-electron chi connectivity index (χ1n) is 10.1. The number of hydrogen-bond acceptors (Lipinski definition) is 6. The minimum Gasteiger partial charge on any atom is -0.436 e. The molecule has 7 nitrogen and oxygen atoms in total. The number of rotatable bonds is 3. The molecule has 0 aromatic carbocycles. The maximum atomic E-state index is 12.8. The van der Waals surface area contributed by atoms with Crippen molar-refractivity contribution in [3.8, 4) is 0 Å². The Morgan fingerprint density at radius 2 is 1.82 bits per heavy atom. The number of amides is 1. The number of aromatic nitrogens is 2. The monoisotopic (exact) mass is 383 g/mol. The first-order valence-corrected chi connectivity index (χ1v) is 10.1. The maximum Gasteiger partial charge on any atom is 0.291 e. The van der Waals surface area contributed by atoms with Crippen molar-refractivity contribution >= 4 is 11.6 Å². The molecule has 150 valence electrons. The first kappa shape index (κ1) is 18.9. The minimum atomic E-state index is -0.0625. The third kappa shape index (κ3) is 3.76. The number of nitrogens with zero attached hydrogens (tertiary/aromatic N) is 5. The number of pyridine rings is 1. The van der Waals surface area contributed by atoms with Crippen LogP contribution in [0, 0.1) is 20.8 Å². The van der Waals surface area contributed by atoms with E-state index in [2.05, 4.69) is 40.9 Å². The van der Waals surface area contributed by atoms with Gasteiger partial charge in [0.05, 0.1) is 5.69 Å². The summed E-state index contributed by atoms with van der Waals surface area (Å²) >= 11 is 0. The molecule has 2 aromatic heterocycles. The number of carbonyl (C=O) groups excluding carboxylic acids is 1. The van der Waals surface area contributed by atoms with Gasteiger partial charge in [-0.3, -0.25) is 9.78 Å². The fraction of sp³-hybridized carbons (Fsp3) is 0.571. The molecule has 28 heavy (non-hydrogen) atoms. The van der Waals surface area contributed by atoms with E-state index in [-0.39, 0.29) is 11.8 Å². The van der Waals surface area contributed by atoms with Gasteiger partial charge in [-0.1, -0.05) is 0 Å². The Hall–Kier alpha value is -2.41. The number of piperazine rings is 1. The van der Waals surface area contributed by atoms with Crippen LogP contribution in [0.3, 0.4) is 0 Å². The molecular formula is C21H29N5O2. The molecule has 0 spiro atoms. The summed E-state index contributed by atoms with van der Waals surface area (Å²) in [7, 11) is 2.17. The summed E-state index contributed by atoms with van der Waals surface area (Å²) in [6, 6.07) is 4.40. The standard InChI is InChI=1S/C21H29N5O2/c1-14-11-18(25-9-7-24(4)8-10-25)12-19(22-14)17-5-6-26(13-17)21(27)20-15(2)23-16(3)28-20/h11-12,17H,5-10,13H2,1-4H3. The van der Waals surface area contributed by atoms with Crippen molar-refractivity contribution in [2.75, 3.05) is 51.2 Å². The third-order valence-corrected chi connectivity index (χ3v) is 5.82. The summed E-state index contributed by atoms with van der Waals surface area (Å²) in [6.45, 7) is 11.3. The van der Waals surface area contributed by atoms with Crippen LogP contribution in [0.25, 0.3) is 0 Å². The van der Waals surface area contributed by atoms with E-state index in [9.17, 15) is 4.79 Å². The van der Waals surface area contributed by atoms with E-state index in [0.717, 1.165) is 50.5 Å². The normalized spacial score (nSPS) is 20.8. The number of likely N-dealkylation sites (tertiary alicyclic amines) is 1. The molecule has 4 heterocycles. The molecular weight excluding hydrogens is 354 g/mol. The van der Waals surface area contributed by atoms with Crippen molar-refractivity contribution in [1.29, 1.82) is 0 Å². The lowest BCUT2D eigenvalue weighted by molar-refractivity contribution is 0.0756. The molecule has 0 aliphatic carbocycles. The van der Waals surface area contributed by atoms with E-state index < -0.39 is 0 Å². The second-order valence-electron chi connectivity index (χ2n) is 8.07. The number of carbonyl (C=O) groups is 1. The Kier molecular flexibility index (Phi) is 5.10. The van der Waals surface area contributed by atoms with Crippen LogP contribution >= 0.6 is 0 Å². The van der Waals surface area contributed by atoms with Crippen LogP contribution in [0.5, 0.6) is 0 Å². The zero-order valence-corrected chi connectivity index (χ0v) is 17.2. The Labute approximate surface area is 166 Å². The predicted octanol–water partition coefficient (Wildman–Crippen LogP) is 2.38. The Morgan fingerprint density at radius 3 is 2.50 bits per heavy atom. The van der Waals surface area contributed by atoms with Crippen LogP contribution in [0.2, 0.25) is 0 Å². The molecule has 1 unspecified atom stereocenters. The van der Waals surface area contributed by atoms with Gasteiger partial charge in [0.15, 0.2) is 5.89 Å². The van der Waals surface area contributed by atoms with Gasteiger partial charge in [0.2, 0.25) is 5.76 Å². The number of likely N-dealkylation sites (N-methyl/N-ethyl adjacent to an activating group) is 1. The smallest absolute Gasteiger partial charge is 0.291 e. The average Bonchev–Trinajstić information content (AvgIpc) is 3.28. The lowest BCUT2D eigenvalue weighted by atomic mass is 10.0. The van der Waals surface area contributed by atoms with Crippen molar-refractivity contribution in [3.63, 3.8) is 0 Å². The second-order valence-corrected chi connectivity index (χ2v) is 8.07. The van der Waals surface area contributed by atoms with E-state index >= 15 is 0 Å². The molecule has 1 amide bonds. The Bertz CT molecular complexity index is 870. The van der Waals surface area contributed by atoms with Crippen LogP contribution in [0.1, 0.15) is 45.9 Å². The Balaban J connectivity index is 1.49. The van der Waals surface area contributed by atoms with Gasteiger partial charge in [-0.15, -0.1) is 0 Å². The first-order chi connectivity index (χ1) is 13.4. The van der Waals surface area contributed by atoms with Crippen molar-refractivity contribution in [2.45, 2.75) is 33.1 Å². The largest absolute Gasteiger partial charge is 0.436 e. The quantitative estimate of drug-likeness (QED) is 0.811. The van der Waals surface area contributed by atoms with Gasteiger partial charge in [0, 0.05) is 69.2 Å². The molecule has 4 rings (SSSR count). The molecule has 0 radical (unpaired) electrons. The number of oxazole rings is 1. The molecule has 2 saturated heterocycles. The van der Waals surface area contributed by atoms with Gasteiger partial charge in [-0.2, -0.15) is 0 Å². The summed E-state index contributed by atoms with van der Waals surface area (Å²) < 4.78 is 5.53. The lowest BCUT2D eigenvalue weighted by Gasteiger charge is -2.34. The van der Waals surface area contributed by atoms with Gasteiger partial charge in [-0.25, -0.2) is 4.98 Å². The highest BCUT2D eigenvalue weighted by Crippen LogP contribution is 2.30. The SMILES string of the molecule is Cc1cc(N2CCN(C)CC2)cc(C2CCN(C(=O)c3oc(C)nc3C)C2)n1. The second kappa shape index (κ2) is 7.54. The van der Waals surface area contributed by atoms with Gasteiger partial charge in [0.25, 0.3) is 5.91 Å². The molecule has 2 aliphatic heterocycles. The zero-order valence-electron chi connectivity index (χ0n) is 17.2. The molecule has 2 aliphatic rings. The van der Waals surface area contributed by atoms with Gasteiger partial charge in [-0.05, 0) is 39.4 Å². The Morgan fingerprint density at radius 1 is 1.07 bits per heavy atom. The van der Waals surface area contributed by atoms with Crippen LogP contribution in [0.15, 0.2) is 16.5 Å². The van der Waals surface area contributed by atoms with E-state index in [0.29, 0.717) is 23.9 Å². The summed E-state index contributed by atoms with van der Waals surface area (Å²) in [6.07, 6.45) is 0.927. The van der Waals surface area contributed by atoms with Crippen LogP contribution in [0.4, 0.5) is 5.69 Å². The number of anilines is 1. The topological polar surface area (TPSA) is 65.7 Å². The molecule has 1 atom stereocenters. The summed E-state index contributed by atoms with van der Waals surface area (Å²) in [5, 5.41) is 0. The molecule has 0 bridgehead atoms. The summed E-state index contributed by atoms with van der Waals surface area (Å²) in [5.41, 5.74) is 4.05. The molecule has 7 heteroatoms. The number of hydrogen-bond donors (Lipinski definition) is 0. The van der Waals surface area contributed by atoms with Crippen LogP contribution < -0.4 is 4.90 Å². The lowest BCUT2D eigenvalue weighted by Crippen LogP contribution is -2.44. The fourth-order valence-corrected chi connectivity index (χ4v) is 4.19. The van der Waals surface area contributed by atoms with E-state index in [1.807, 2.05) is 11.8 Å². The van der Waals surface area contributed by atoms with Crippen molar-refractivity contribution in [3.05, 3.63) is 40.9 Å². The van der Waals surface area contributed by atoms with Gasteiger partial charge in [0.1, 0.15) is 0 Å². The van der Waals surface area contributed by atoms with E-state index in [4.69, 9.17) is 9.40 Å². The molecule has 0 saturated carbocycles. The van der Waals surface area contributed by atoms with Crippen LogP contribution in [-0.4, -0.2) is 72.0 Å². The van der Waals surface area contributed by atoms with Crippen molar-refractivity contribution < 1.29 is 9.21 Å².